The maximum absolute atomic E-state index is 3.19. The highest BCUT2D eigenvalue weighted by Gasteiger charge is 2.79. The van der Waals surface area contributed by atoms with Gasteiger partial charge in [0, 0.05) is 200 Å². The van der Waals surface area contributed by atoms with E-state index in [-0.39, 0.29) is 0 Å². The lowest BCUT2D eigenvalue weighted by Gasteiger charge is -2.71. The molecule has 0 spiro atoms. The van der Waals surface area contributed by atoms with Crippen molar-refractivity contribution in [2.45, 2.75) is 380 Å². The van der Waals surface area contributed by atoms with E-state index in [2.05, 4.69) is 380 Å². The highest BCUT2D eigenvalue weighted by atomic mass is 30.2. The monoisotopic (exact) mass is 1650 g/mol. The second-order valence-corrected chi connectivity index (χ2v) is 383. The van der Waals surface area contributed by atoms with Gasteiger partial charge in [0.25, 0.3) is 0 Å². The normalized spacial score (nSPS) is 17.7. The number of rotatable bonds is 27. The van der Waals surface area contributed by atoms with Gasteiger partial charge in [-0.25, -0.2) is 0 Å². The Hall–Kier alpha value is 6.07. The van der Waals surface area contributed by atoms with E-state index in [1.54, 1.807) is 0 Å². The third kappa shape index (κ3) is 11.5. The van der Waals surface area contributed by atoms with Crippen LogP contribution in [0.3, 0.4) is 0 Å². The minimum absolute atomic E-state index is 1.23. The molecule has 518 valence electrons. The van der Waals surface area contributed by atoms with E-state index in [0.29, 0.717) is 0 Å². The maximum atomic E-state index is 3.19. The molecule has 0 saturated heterocycles. The van der Waals surface area contributed by atoms with Crippen molar-refractivity contribution in [3.63, 3.8) is 0 Å². The Morgan fingerprint density at radius 2 is 0.0930 bits per heavy atom. The van der Waals surface area contributed by atoms with Crippen LogP contribution in [0.5, 0.6) is 0 Å². The molecule has 0 aromatic heterocycles. The van der Waals surface area contributed by atoms with Crippen LogP contribution in [0.4, 0.5) is 0 Å². The lowest BCUT2D eigenvalue weighted by Crippen LogP contribution is -2.99. The summed E-state index contributed by atoms with van der Waals surface area (Å²) in [5.41, 5.74) is 0. The smallest absolute Gasteiger partial charge is 0.0354 e. The molecule has 0 N–H and O–H groups in total. The van der Waals surface area contributed by atoms with Gasteiger partial charge in [0.2, 0.25) is 0 Å². The molecule has 0 nitrogen and oxygen atoms in total. The molecule has 0 aliphatic rings. The predicted octanol–water partition coefficient (Wildman–Crippen LogP) is 23.2. The van der Waals surface area contributed by atoms with Crippen molar-refractivity contribution in [2.24, 2.45) is 0 Å². The molecule has 0 fully saturated rings. The molecule has 0 unspecified atom stereocenters. The highest BCUT2D eigenvalue weighted by Crippen LogP contribution is 2.55. The zero-order valence-corrected chi connectivity index (χ0v) is 100. The quantitative estimate of drug-likeness (QED) is 0.0719. The first-order chi connectivity index (χ1) is 35.8. The van der Waals surface area contributed by atoms with Crippen LogP contribution in [-0.4, -0.2) is 200 Å². The first-order valence-electron chi connectivity index (χ1n) is 35.8. The molecule has 0 radical (unpaired) electrons. The molecule has 0 saturated carbocycles. The molecule has 0 atom stereocenters. The molecule has 0 heterocycles. The molecule has 0 aliphatic heterocycles. The Morgan fingerprint density at radius 1 is 0.0581 bits per heavy atom. The van der Waals surface area contributed by atoms with Crippen LogP contribution in [0, 0.1) is 0 Å². The van der Waals surface area contributed by atoms with Crippen molar-refractivity contribution in [1.82, 2.24) is 0 Å². The summed E-state index contributed by atoms with van der Waals surface area (Å²) in [5.74, 6) is 0. The third-order valence-electron chi connectivity index (χ3n) is 42.8. The summed E-state index contributed by atoms with van der Waals surface area (Å²) in [6, 6.07) is 0. The van der Waals surface area contributed by atoms with E-state index in [0.717, 1.165) is 0 Å². The Kier molecular flexibility index (Phi) is 26.1. The van der Waals surface area contributed by atoms with Gasteiger partial charge < -0.3 is 0 Å². The average molecular weight is 1660 g/mol. The first-order valence-corrected chi connectivity index (χ1v) is 148. The topological polar surface area (TPSA) is 0 Å². The average Bonchev–Trinajstić information content (AvgIpc) is 3.26. The molecular formula is C58H174Si28. The molecule has 0 aromatic rings. The summed E-state index contributed by atoms with van der Waals surface area (Å²) in [6.07, 6.45) is 0. The zero-order valence-electron chi connectivity index (χ0n) is 72.0. The van der Waals surface area contributed by atoms with Crippen LogP contribution in [0.2, 0.25) is 380 Å². The fourth-order valence-corrected chi connectivity index (χ4v) is 1060. The van der Waals surface area contributed by atoms with Gasteiger partial charge in [-0.3, -0.25) is 0 Å². The molecule has 0 aliphatic carbocycles. The van der Waals surface area contributed by atoms with Gasteiger partial charge in [-0.2, -0.15) is 0 Å². The lowest BCUT2D eigenvalue weighted by atomic mass is 11.8. The number of hydrogen-bond acceptors (Lipinski definition) is 0. The van der Waals surface area contributed by atoms with Crippen LogP contribution in [-0.2, 0) is 0 Å². The Balaban J connectivity index is 8.33. The Bertz CT molecular complexity index is 2270. The Labute approximate surface area is 572 Å². The molecule has 0 rings (SSSR count). The Morgan fingerprint density at radius 3 is 0.128 bits per heavy atom. The lowest BCUT2D eigenvalue weighted by molar-refractivity contribution is 1.71. The molecular weight excluding hydrogens is 1480 g/mol. The van der Waals surface area contributed by atoms with E-state index in [1.807, 2.05) is 0 Å². The molecule has 86 heavy (non-hydrogen) atoms. The summed E-state index contributed by atoms with van der Waals surface area (Å²) in [6.45, 7) is 180. The molecule has 0 amide bonds. The van der Waals surface area contributed by atoms with Gasteiger partial charge in [0.05, 0.1) is 0 Å². The van der Waals surface area contributed by atoms with E-state index in [4.69, 9.17) is 0 Å². The molecule has 0 bridgehead atoms. The van der Waals surface area contributed by atoms with Crippen molar-refractivity contribution in [2.75, 3.05) is 0 Å². The highest BCUT2D eigenvalue weighted by molar-refractivity contribution is 8.15. The summed E-state index contributed by atoms with van der Waals surface area (Å²) in [4.78, 5) is 0. The van der Waals surface area contributed by atoms with Gasteiger partial charge in [-0.1, -0.05) is 380 Å². The van der Waals surface area contributed by atoms with Crippen molar-refractivity contribution in [3.8, 4) is 0 Å². The largest absolute Gasteiger partial charge is 0.0735 e. The fourth-order valence-electron chi connectivity index (χ4n) is 20.6. The zero-order chi connectivity index (χ0) is 72.0. The standard InChI is InChI=1S/C58H174Si28/c1-59(2,3)61(7,8)63(11,12)65(15,16)67(19,20)69(23,24)71(27,28)73(31,32)75(35,36)77(39,40)79(43,44)81(47,48)83(51,52)85(55,56)86(57,58)84(53,54)82(49,50)80(45,46)78(41,42)76(37,38)74(33,34)72(29,30)70(25,26)68(21,22)66(17,18)64(13,14)62(9,10)60(4,5)6/h1-58H3. The second-order valence-electron chi connectivity index (χ2n) is 46.8. The number of hydrogen-bond donors (Lipinski definition) is 0. The van der Waals surface area contributed by atoms with Crippen LogP contribution in [0.1, 0.15) is 0 Å². The summed E-state index contributed by atoms with van der Waals surface area (Å²) < 4.78 is 0. The van der Waals surface area contributed by atoms with E-state index in [1.165, 1.54) is 0 Å². The van der Waals surface area contributed by atoms with E-state index < -0.39 is 200 Å². The maximum Gasteiger partial charge on any atom is 0.0354 e. The predicted molar refractivity (Wildman–Crippen MR) is 501 cm³/mol. The van der Waals surface area contributed by atoms with Crippen LogP contribution < -0.4 is 0 Å². The van der Waals surface area contributed by atoms with Gasteiger partial charge in [-0.15, -0.1) is 0 Å². The van der Waals surface area contributed by atoms with Gasteiger partial charge in [-0.05, 0) is 0 Å². The van der Waals surface area contributed by atoms with Gasteiger partial charge >= 0.3 is 0 Å². The van der Waals surface area contributed by atoms with E-state index in [9.17, 15) is 0 Å². The van der Waals surface area contributed by atoms with Crippen molar-refractivity contribution >= 4 is 200 Å². The molecule has 28 heteroatoms. The third-order valence-corrected chi connectivity index (χ3v) is 736. The first kappa shape index (κ1) is 92.1. The summed E-state index contributed by atoms with van der Waals surface area (Å²) >= 11 is 0. The van der Waals surface area contributed by atoms with Gasteiger partial charge in [0.15, 0.2) is 0 Å². The van der Waals surface area contributed by atoms with Crippen LogP contribution >= 0.6 is 0 Å². The van der Waals surface area contributed by atoms with Crippen molar-refractivity contribution in [1.29, 1.82) is 0 Å². The fraction of sp³-hybridized carbons (Fsp3) is 1.00. The second kappa shape index (κ2) is 24.4. The minimum Gasteiger partial charge on any atom is -0.0735 e. The summed E-state index contributed by atoms with van der Waals surface area (Å²) in [7, 11) is -44.1. The van der Waals surface area contributed by atoms with Crippen molar-refractivity contribution in [3.05, 3.63) is 0 Å². The summed E-state index contributed by atoms with van der Waals surface area (Å²) in [5, 5.41) is 0. The van der Waals surface area contributed by atoms with Gasteiger partial charge in [0.1, 0.15) is 0 Å². The van der Waals surface area contributed by atoms with Crippen LogP contribution in [0.25, 0.3) is 0 Å². The minimum atomic E-state index is -1.71. The SMILES string of the molecule is C[Si](C)(C)[Si](C)(C)[Si](C)(C)[Si](C)(C)[Si](C)(C)[Si](C)(C)[Si](C)(C)[Si](C)(C)[Si](C)(C)[Si](C)(C)[Si](C)(C)[Si](C)(C)[Si](C)(C)[Si](C)(C)[Si](C)(C)[Si](C)(C)[Si](C)(C)[Si](C)(C)[Si](C)(C)[Si](C)(C)[Si](C)(C)[Si](C)(C)[Si](C)(C)[Si](C)(C)[Si](C)(C)[Si](C)(C)[Si](C)(C)[Si](C)(C)C. The van der Waals surface area contributed by atoms with E-state index >= 15 is 0 Å². The van der Waals surface area contributed by atoms with Crippen LogP contribution in [0.15, 0.2) is 0 Å². The molecule has 0 aromatic carbocycles. The van der Waals surface area contributed by atoms with Crippen molar-refractivity contribution < 1.29 is 0 Å².